The van der Waals surface area contributed by atoms with E-state index in [1.807, 2.05) is 0 Å². The molecule has 3 atom stereocenters. The molecule has 0 spiro atoms. The molecule has 3 heteroatoms. The van der Waals surface area contributed by atoms with Crippen LogP contribution in [-0.2, 0) is 0 Å². The van der Waals surface area contributed by atoms with Crippen molar-refractivity contribution in [1.82, 2.24) is 15.1 Å². The summed E-state index contributed by atoms with van der Waals surface area (Å²) in [5.74, 6) is 0. The molecule has 0 amide bonds. The highest BCUT2D eigenvalue weighted by Gasteiger charge is 2.34. The molecule has 0 aromatic rings. The van der Waals surface area contributed by atoms with Crippen LogP contribution in [0.3, 0.4) is 0 Å². The molecular formula is C15H31N3. The third-order valence-electron chi connectivity index (χ3n) is 4.84. The Balaban J connectivity index is 1.85. The maximum absolute atomic E-state index is 3.65. The van der Waals surface area contributed by atoms with Crippen molar-refractivity contribution in [3.05, 3.63) is 0 Å². The van der Waals surface area contributed by atoms with E-state index in [4.69, 9.17) is 0 Å². The minimum Gasteiger partial charge on any atom is -0.313 e. The Morgan fingerprint density at radius 2 is 1.94 bits per heavy atom. The Hall–Kier alpha value is -0.120. The molecule has 0 radical (unpaired) electrons. The lowest BCUT2D eigenvalue weighted by Gasteiger charge is -2.29. The maximum Gasteiger partial charge on any atom is 0.0223 e. The van der Waals surface area contributed by atoms with E-state index >= 15 is 0 Å². The van der Waals surface area contributed by atoms with E-state index in [2.05, 4.69) is 36.0 Å². The Kier molecular flexibility index (Phi) is 5.46. The fourth-order valence-electron chi connectivity index (χ4n) is 3.75. The van der Waals surface area contributed by atoms with Gasteiger partial charge in [-0.25, -0.2) is 0 Å². The summed E-state index contributed by atoms with van der Waals surface area (Å²) in [5.41, 5.74) is 0. The molecule has 2 fully saturated rings. The molecule has 1 N–H and O–H groups in total. The van der Waals surface area contributed by atoms with E-state index in [9.17, 15) is 0 Å². The maximum atomic E-state index is 3.65. The molecule has 0 aromatic heterocycles. The summed E-state index contributed by atoms with van der Waals surface area (Å²) in [5, 5.41) is 3.65. The molecule has 18 heavy (non-hydrogen) atoms. The first-order valence-electron chi connectivity index (χ1n) is 7.92. The lowest BCUT2D eigenvalue weighted by atomic mass is 10.1. The van der Waals surface area contributed by atoms with Crippen molar-refractivity contribution >= 4 is 0 Å². The number of nitrogens with one attached hydrogen (secondary N) is 1. The molecule has 2 bridgehead atoms. The van der Waals surface area contributed by atoms with Crippen molar-refractivity contribution in [3.8, 4) is 0 Å². The molecule has 2 saturated heterocycles. The monoisotopic (exact) mass is 253 g/mol. The van der Waals surface area contributed by atoms with Crippen molar-refractivity contribution < 1.29 is 0 Å². The van der Waals surface area contributed by atoms with Gasteiger partial charge in [0.25, 0.3) is 0 Å². The number of likely N-dealkylation sites (tertiary alicyclic amines) is 1. The molecule has 2 rings (SSSR count). The first-order chi connectivity index (χ1) is 8.74. The average molecular weight is 253 g/mol. The van der Waals surface area contributed by atoms with Gasteiger partial charge in [-0.05, 0) is 45.8 Å². The molecule has 2 heterocycles. The number of nitrogens with zero attached hydrogens (tertiary/aromatic N) is 2. The lowest BCUT2D eigenvalue weighted by Crippen LogP contribution is -2.44. The molecule has 0 saturated carbocycles. The summed E-state index contributed by atoms with van der Waals surface area (Å²) >= 11 is 0. The van der Waals surface area contributed by atoms with Crippen molar-refractivity contribution in [2.45, 2.75) is 64.1 Å². The second-order valence-corrected chi connectivity index (χ2v) is 6.14. The van der Waals surface area contributed by atoms with Crippen LogP contribution in [0.1, 0.15) is 46.0 Å². The molecular weight excluding hydrogens is 222 g/mol. The van der Waals surface area contributed by atoms with Gasteiger partial charge in [0, 0.05) is 31.2 Å². The van der Waals surface area contributed by atoms with E-state index in [0.717, 1.165) is 18.6 Å². The highest BCUT2D eigenvalue weighted by Crippen LogP contribution is 2.28. The summed E-state index contributed by atoms with van der Waals surface area (Å²) in [7, 11) is 2.33. The average Bonchev–Trinajstić information content (AvgIpc) is 2.58. The minimum atomic E-state index is 0.696. The molecule has 3 unspecified atom stereocenters. The van der Waals surface area contributed by atoms with Gasteiger partial charge in [-0.3, -0.25) is 4.90 Å². The number of likely N-dealkylation sites (N-methyl/N-ethyl adjacent to an activating group) is 2. The summed E-state index contributed by atoms with van der Waals surface area (Å²) < 4.78 is 0. The van der Waals surface area contributed by atoms with Gasteiger partial charge in [-0.15, -0.1) is 0 Å². The standard InChI is InChI=1S/C15H31N3/c1-4-6-13(16-5-2)11-18-10-9-14-7-8-15(12-18)17(14)3/h13-16H,4-12H2,1-3H3. The first-order valence-corrected chi connectivity index (χ1v) is 7.92. The zero-order valence-electron chi connectivity index (χ0n) is 12.5. The van der Waals surface area contributed by atoms with Crippen molar-refractivity contribution in [2.75, 3.05) is 33.2 Å². The van der Waals surface area contributed by atoms with E-state index in [-0.39, 0.29) is 0 Å². The molecule has 106 valence electrons. The third-order valence-corrected chi connectivity index (χ3v) is 4.84. The van der Waals surface area contributed by atoms with E-state index in [1.165, 1.54) is 51.7 Å². The topological polar surface area (TPSA) is 18.5 Å². The predicted molar refractivity (Wildman–Crippen MR) is 78.0 cm³/mol. The van der Waals surface area contributed by atoms with Gasteiger partial charge in [0.15, 0.2) is 0 Å². The zero-order chi connectivity index (χ0) is 13.0. The highest BCUT2D eigenvalue weighted by molar-refractivity contribution is 4.91. The SMILES string of the molecule is CCCC(CN1CCC2CCC(C1)N2C)NCC. The van der Waals surface area contributed by atoms with E-state index < -0.39 is 0 Å². The second-order valence-electron chi connectivity index (χ2n) is 6.14. The molecule has 0 aromatic carbocycles. The van der Waals surface area contributed by atoms with Crippen LogP contribution in [-0.4, -0.2) is 61.2 Å². The van der Waals surface area contributed by atoms with Crippen LogP contribution in [0.2, 0.25) is 0 Å². The Morgan fingerprint density at radius 3 is 2.67 bits per heavy atom. The lowest BCUT2D eigenvalue weighted by molar-refractivity contribution is 0.202. The summed E-state index contributed by atoms with van der Waals surface area (Å²) in [6, 6.07) is 2.38. The zero-order valence-corrected chi connectivity index (χ0v) is 12.5. The highest BCUT2D eigenvalue weighted by atomic mass is 15.3. The Morgan fingerprint density at radius 1 is 1.17 bits per heavy atom. The smallest absolute Gasteiger partial charge is 0.0223 e. The first kappa shape index (κ1) is 14.3. The Labute approximate surface area is 113 Å². The van der Waals surface area contributed by atoms with Gasteiger partial charge >= 0.3 is 0 Å². The van der Waals surface area contributed by atoms with Crippen LogP contribution in [0.4, 0.5) is 0 Å². The number of hydrogen-bond acceptors (Lipinski definition) is 3. The van der Waals surface area contributed by atoms with Gasteiger partial charge in [0.1, 0.15) is 0 Å². The van der Waals surface area contributed by atoms with Gasteiger partial charge in [0.05, 0.1) is 0 Å². The quantitative estimate of drug-likeness (QED) is 0.780. The third kappa shape index (κ3) is 3.46. The normalized spacial score (nSPS) is 31.5. The van der Waals surface area contributed by atoms with Crippen LogP contribution in [0.25, 0.3) is 0 Å². The molecule has 2 aliphatic rings. The van der Waals surface area contributed by atoms with Crippen molar-refractivity contribution in [2.24, 2.45) is 0 Å². The van der Waals surface area contributed by atoms with Crippen LogP contribution in [0.15, 0.2) is 0 Å². The molecule has 3 nitrogen and oxygen atoms in total. The van der Waals surface area contributed by atoms with E-state index in [1.54, 1.807) is 0 Å². The summed E-state index contributed by atoms with van der Waals surface area (Å²) in [6.07, 6.45) is 6.82. The second kappa shape index (κ2) is 6.88. The number of hydrogen-bond donors (Lipinski definition) is 1. The molecule has 0 aliphatic carbocycles. The number of fused-ring (bicyclic) bond motifs is 2. The summed E-state index contributed by atoms with van der Waals surface area (Å²) in [4.78, 5) is 5.35. The van der Waals surface area contributed by atoms with Crippen molar-refractivity contribution in [1.29, 1.82) is 0 Å². The van der Waals surface area contributed by atoms with Crippen LogP contribution in [0, 0.1) is 0 Å². The predicted octanol–water partition coefficient (Wildman–Crippen LogP) is 1.93. The number of rotatable bonds is 6. The Bertz CT molecular complexity index is 238. The summed E-state index contributed by atoms with van der Waals surface area (Å²) in [6.45, 7) is 9.46. The van der Waals surface area contributed by atoms with Crippen LogP contribution < -0.4 is 5.32 Å². The minimum absolute atomic E-state index is 0.696. The van der Waals surface area contributed by atoms with E-state index in [0.29, 0.717) is 6.04 Å². The molecule has 2 aliphatic heterocycles. The fourth-order valence-corrected chi connectivity index (χ4v) is 3.75. The fraction of sp³-hybridized carbons (Fsp3) is 1.00. The van der Waals surface area contributed by atoms with Gasteiger partial charge in [0.2, 0.25) is 0 Å². The van der Waals surface area contributed by atoms with Gasteiger partial charge in [-0.2, -0.15) is 0 Å². The van der Waals surface area contributed by atoms with Crippen LogP contribution in [0.5, 0.6) is 0 Å². The largest absolute Gasteiger partial charge is 0.313 e. The van der Waals surface area contributed by atoms with Crippen molar-refractivity contribution in [3.63, 3.8) is 0 Å². The van der Waals surface area contributed by atoms with Gasteiger partial charge in [-0.1, -0.05) is 20.3 Å². The van der Waals surface area contributed by atoms with Crippen LogP contribution >= 0.6 is 0 Å². The van der Waals surface area contributed by atoms with Gasteiger partial charge < -0.3 is 10.2 Å².